The fourth-order valence-electron chi connectivity index (χ4n) is 2.65. The maximum atomic E-state index is 14.2. The normalized spacial score (nSPS) is 16.3. The highest BCUT2D eigenvalue weighted by molar-refractivity contribution is 9.10. The Morgan fingerprint density at radius 3 is 2.27 bits per heavy atom. The summed E-state index contributed by atoms with van der Waals surface area (Å²) in [5, 5.41) is 3.26. The van der Waals surface area contributed by atoms with Crippen LogP contribution in [0.25, 0.3) is 0 Å². The monoisotopic (exact) mass is 416 g/mol. The molecule has 0 aliphatic carbocycles. The number of piperazine rings is 1. The molecule has 0 unspecified atom stereocenters. The van der Waals surface area contributed by atoms with Gasteiger partial charge in [0.05, 0.1) is 0 Å². The maximum absolute atomic E-state index is 14.2. The van der Waals surface area contributed by atoms with Crippen LogP contribution in [0.3, 0.4) is 0 Å². The molecule has 1 heterocycles. The Hall–Kier alpha value is -0.200. The van der Waals surface area contributed by atoms with E-state index in [1.54, 1.807) is 6.08 Å². The van der Waals surface area contributed by atoms with Crippen molar-refractivity contribution in [2.24, 2.45) is 0 Å². The van der Waals surface area contributed by atoms with Crippen LogP contribution in [0.1, 0.15) is 24.4 Å². The van der Waals surface area contributed by atoms with Crippen LogP contribution in [0.2, 0.25) is 0 Å². The van der Waals surface area contributed by atoms with E-state index in [-0.39, 0.29) is 36.4 Å². The van der Waals surface area contributed by atoms with Crippen LogP contribution in [-0.2, 0) is 0 Å². The molecule has 0 spiro atoms. The fraction of sp³-hybridized carbons (Fsp3) is 0.467. The van der Waals surface area contributed by atoms with Crippen molar-refractivity contribution in [3.8, 4) is 0 Å². The number of halogens is 5. The molecule has 0 radical (unpaired) electrons. The minimum absolute atomic E-state index is 0. The molecule has 0 bridgehead atoms. The van der Waals surface area contributed by atoms with Gasteiger partial charge in [0.15, 0.2) is 0 Å². The summed E-state index contributed by atoms with van der Waals surface area (Å²) in [6, 6.07) is 2.44. The summed E-state index contributed by atoms with van der Waals surface area (Å²) in [6.07, 6.45) is 3.21. The van der Waals surface area contributed by atoms with Gasteiger partial charge in [-0.15, -0.1) is 31.4 Å². The van der Waals surface area contributed by atoms with Crippen LogP contribution in [0, 0.1) is 11.6 Å². The third-order valence-electron chi connectivity index (χ3n) is 3.61. The van der Waals surface area contributed by atoms with E-state index >= 15 is 0 Å². The van der Waals surface area contributed by atoms with E-state index in [9.17, 15) is 8.78 Å². The molecule has 0 aromatic heterocycles. The molecule has 7 heteroatoms. The summed E-state index contributed by atoms with van der Waals surface area (Å²) < 4.78 is 28.8. The zero-order chi connectivity index (χ0) is 14.5. The van der Waals surface area contributed by atoms with Crippen LogP contribution in [0.5, 0.6) is 0 Å². The van der Waals surface area contributed by atoms with Gasteiger partial charge in [-0.3, -0.25) is 4.90 Å². The van der Waals surface area contributed by atoms with Gasteiger partial charge in [0, 0.05) is 42.3 Å². The highest BCUT2D eigenvalue weighted by atomic mass is 79.9. The van der Waals surface area contributed by atoms with Gasteiger partial charge in [0.2, 0.25) is 0 Å². The topological polar surface area (TPSA) is 15.3 Å². The predicted octanol–water partition coefficient (Wildman–Crippen LogP) is 4.48. The Bertz CT molecular complexity index is 460. The Morgan fingerprint density at radius 2 is 1.77 bits per heavy atom. The van der Waals surface area contributed by atoms with Gasteiger partial charge in [-0.25, -0.2) is 8.78 Å². The number of benzene rings is 1. The smallest absolute Gasteiger partial charge is 0.132 e. The van der Waals surface area contributed by atoms with Crippen LogP contribution in [0.4, 0.5) is 8.78 Å². The lowest BCUT2D eigenvalue weighted by molar-refractivity contribution is 0.159. The first-order valence-electron chi connectivity index (χ1n) is 6.83. The van der Waals surface area contributed by atoms with E-state index in [1.807, 2.05) is 0 Å². The number of hydrogen-bond acceptors (Lipinski definition) is 2. The van der Waals surface area contributed by atoms with Crippen molar-refractivity contribution < 1.29 is 8.78 Å². The molecular formula is C15H21BrCl2F2N2. The SMILES string of the molecule is C=CCC[C@@H](c1c(F)cc(Br)cc1F)N1CCNCC1.Cl.Cl. The Kier molecular flexibility index (Phi) is 10.5. The Labute approximate surface area is 151 Å². The molecule has 2 nitrogen and oxygen atoms in total. The Morgan fingerprint density at radius 1 is 1.23 bits per heavy atom. The van der Waals surface area contributed by atoms with Crippen molar-refractivity contribution in [1.82, 2.24) is 10.2 Å². The third-order valence-corrected chi connectivity index (χ3v) is 4.07. The molecule has 1 N–H and O–H groups in total. The predicted molar refractivity (Wildman–Crippen MR) is 95.2 cm³/mol. The molecule has 1 aromatic rings. The molecule has 1 aliphatic rings. The second kappa shape index (κ2) is 10.6. The minimum atomic E-state index is -0.482. The van der Waals surface area contributed by atoms with Gasteiger partial charge in [-0.05, 0) is 25.0 Å². The van der Waals surface area contributed by atoms with Crippen molar-refractivity contribution in [3.05, 3.63) is 46.5 Å². The van der Waals surface area contributed by atoms with Gasteiger partial charge in [-0.2, -0.15) is 0 Å². The van der Waals surface area contributed by atoms with Gasteiger partial charge < -0.3 is 5.32 Å². The summed E-state index contributed by atoms with van der Waals surface area (Å²) in [4.78, 5) is 2.15. The zero-order valence-corrected chi connectivity index (χ0v) is 15.4. The standard InChI is InChI=1S/C15H19BrF2N2.2ClH/c1-2-3-4-14(20-7-5-19-6-8-20)15-12(17)9-11(16)10-13(15)18;;/h2,9-10,14,19H,1,3-8H2;2*1H/t14-;;/m0../s1. The summed E-state index contributed by atoms with van der Waals surface area (Å²) in [5.74, 6) is -0.964. The summed E-state index contributed by atoms with van der Waals surface area (Å²) in [7, 11) is 0. The minimum Gasteiger partial charge on any atom is -0.314 e. The second-order valence-corrected chi connectivity index (χ2v) is 5.87. The molecule has 1 aliphatic heterocycles. The van der Waals surface area contributed by atoms with Gasteiger partial charge in [0.1, 0.15) is 11.6 Å². The summed E-state index contributed by atoms with van der Waals surface area (Å²) in [6.45, 7) is 7.01. The zero-order valence-electron chi connectivity index (χ0n) is 12.2. The number of allylic oxidation sites excluding steroid dienone is 1. The first-order chi connectivity index (χ1) is 9.63. The molecule has 2 rings (SSSR count). The molecule has 1 aromatic carbocycles. The maximum Gasteiger partial charge on any atom is 0.132 e. The first kappa shape index (κ1) is 21.8. The van der Waals surface area contributed by atoms with Gasteiger partial charge in [-0.1, -0.05) is 22.0 Å². The van der Waals surface area contributed by atoms with Crippen LogP contribution in [-0.4, -0.2) is 31.1 Å². The lowest BCUT2D eigenvalue weighted by atomic mass is 9.98. The van der Waals surface area contributed by atoms with Crippen molar-refractivity contribution in [2.75, 3.05) is 26.2 Å². The summed E-state index contributed by atoms with van der Waals surface area (Å²) >= 11 is 3.13. The molecule has 126 valence electrons. The van der Waals surface area contributed by atoms with E-state index < -0.39 is 11.6 Å². The Balaban J connectivity index is 0.00000220. The number of rotatable bonds is 5. The van der Waals surface area contributed by atoms with Gasteiger partial charge in [0.25, 0.3) is 0 Å². The number of nitrogens with one attached hydrogen (secondary N) is 1. The molecule has 22 heavy (non-hydrogen) atoms. The van der Waals surface area contributed by atoms with E-state index in [0.717, 1.165) is 32.6 Å². The average molecular weight is 418 g/mol. The summed E-state index contributed by atoms with van der Waals surface area (Å²) in [5.41, 5.74) is 0.178. The highest BCUT2D eigenvalue weighted by Gasteiger charge is 2.27. The quantitative estimate of drug-likeness (QED) is 0.710. The van der Waals surface area contributed by atoms with Crippen molar-refractivity contribution >= 4 is 40.7 Å². The number of nitrogens with zero attached hydrogens (tertiary/aromatic N) is 1. The largest absolute Gasteiger partial charge is 0.314 e. The molecule has 1 fully saturated rings. The van der Waals surface area contributed by atoms with Crippen LogP contribution < -0.4 is 5.32 Å². The highest BCUT2D eigenvalue weighted by Crippen LogP contribution is 2.32. The third kappa shape index (κ3) is 5.46. The molecule has 1 saturated heterocycles. The van der Waals surface area contributed by atoms with Crippen molar-refractivity contribution in [3.63, 3.8) is 0 Å². The molecule has 0 amide bonds. The van der Waals surface area contributed by atoms with E-state index in [2.05, 4.69) is 32.7 Å². The average Bonchev–Trinajstić information content (AvgIpc) is 2.42. The van der Waals surface area contributed by atoms with Crippen molar-refractivity contribution in [1.29, 1.82) is 0 Å². The molecule has 0 saturated carbocycles. The fourth-order valence-corrected chi connectivity index (χ4v) is 3.05. The van der Waals surface area contributed by atoms with E-state index in [1.165, 1.54) is 12.1 Å². The lowest BCUT2D eigenvalue weighted by Gasteiger charge is -2.35. The van der Waals surface area contributed by atoms with E-state index in [4.69, 9.17) is 0 Å². The molecule has 1 atom stereocenters. The number of hydrogen-bond donors (Lipinski definition) is 1. The lowest BCUT2D eigenvalue weighted by Crippen LogP contribution is -2.45. The van der Waals surface area contributed by atoms with E-state index in [0.29, 0.717) is 10.9 Å². The second-order valence-electron chi connectivity index (χ2n) is 4.95. The first-order valence-corrected chi connectivity index (χ1v) is 7.63. The van der Waals surface area contributed by atoms with Crippen molar-refractivity contribution in [2.45, 2.75) is 18.9 Å². The van der Waals surface area contributed by atoms with Crippen LogP contribution >= 0.6 is 40.7 Å². The van der Waals surface area contributed by atoms with Gasteiger partial charge >= 0.3 is 0 Å². The van der Waals surface area contributed by atoms with Crippen LogP contribution in [0.15, 0.2) is 29.3 Å². The molecular weight excluding hydrogens is 397 g/mol.